The summed E-state index contributed by atoms with van der Waals surface area (Å²) >= 11 is 4.79. The summed E-state index contributed by atoms with van der Waals surface area (Å²) in [6.07, 6.45) is 0. The molecule has 1 rings (SSSR count). The van der Waals surface area contributed by atoms with Gasteiger partial charge in [0.05, 0.1) is 33.6 Å². The molecule has 100 valence electrons. The molecule has 0 spiro atoms. The predicted octanol–water partition coefficient (Wildman–Crippen LogP) is 0.860. The Hall–Kier alpha value is -1.73. The van der Waals surface area contributed by atoms with Crippen molar-refractivity contribution >= 4 is 23.0 Å². The van der Waals surface area contributed by atoms with Crippen molar-refractivity contribution in [3.05, 3.63) is 11.6 Å². The largest absolute Gasteiger partial charge is 0.493 e. The van der Waals surface area contributed by atoms with E-state index < -0.39 is 0 Å². The number of nitrogens with two attached hydrogens (primary N) is 1. The summed E-state index contributed by atoms with van der Waals surface area (Å²) in [5, 5.41) is 12.2. The molecule has 18 heavy (non-hydrogen) atoms. The molecule has 1 aromatic carbocycles. The minimum absolute atomic E-state index is 0.0650. The molecular formula is C11H16N2O4S. The third-order valence-electron chi connectivity index (χ3n) is 2.33. The molecule has 0 radical (unpaired) electrons. The van der Waals surface area contributed by atoms with E-state index in [0.717, 1.165) is 0 Å². The summed E-state index contributed by atoms with van der Waals surface area (Å²) in [5.41, 5.74) is 6.45. The summed E-state index contributed by atoms with van der Waals surface area (Å²) < 4.78 is 15.7. The van der Waals surface area contributed by atoms with Crippen LogP contribution >= 0.6 is 12.2 Å². The lowest BCUT2D eigenvalue weighted by atomic mass is 10.1. The number of anilines is 1. The van der Waals surface area contributed by atoms with Crippen molar-refractivity contribution in [2.75, 3.05) is 26.6 Å². The maximum Gasteiger partial charge on any atom is 0.205 e. The molecule has 0 atom stereocenters. The zero-order valence-electron chi connectivity index (χ0n) is 10.4. The number of benzene rings is 1. The first-order valence-corrected chi connectivity index (χ1v) is 5.49. The molecule has 0 aliphatic heterocycles. The summed E-state index contributed by atoms with van der Waals surface area (Å²) in [6.45, 7) is -0.221. The van der Waals surface area contributed by atoms with Gasteiger partial charge in [-0.2, -0.15) is 0 Å². The Morgan fingerprint density at radius 1 is 1.28 bits per heavy atom. The van der Waals surface area contributed by atoms with Crippen LogP contribution in [-0.2, 0) is 6.61 Å². The van der Waals surface area contributed by atoms with E-state index in [9.17, 15) is 5.11 Å². The normalized spacial score (nSPS) is 9.78. The average molecular weight is 272 g/mol. The van der Waals surface area contributed by atoms with Crippen LogP contribution in [0.4, 0.5) is 5.69 Å². The van der Waals surface area contributed by atoms with Gasteiger partial charge in [-0.25, -0.2) is 0 Å². The van der Waals surface area contributed by atoms with Gasteiger partial charge >= 0.3 is 0 Å². The maximum absolute atomic E-state index is 9.36. The van der Waals surface area contributed by atoms with E-state index in [2.05, 4.69) is 5.32 Å². The van der Waals surface area contributed by atoms with Gasteiger partial charge in [-0.05, 0) is 18.3 Å². The molecular weight excluding hydrogens is 256 g/mol. The van der Waals surface area contributed by atoms with Crippen LogP contribution in [0.2, 0.25) is 0 Å². The van der Waals surface area contributed by atoms with E-state index >= 15 is 0 Å². The van der Waals surface area contributed by atoms with Crippen molar-refractivity contribution in [1.82, 2.24) is 0 Å². The quantitative estimate of drug-likeness (QED) is 0.685. The van der Waals surface area contributed by atoms with E-state index in [1.54, 1.807) is 6.07 Å². The second-order valence-electron chi connectivity index (χ2n) is 3.33. The third-order valence-corrected chi connectivity index (χ3v) is 2.43. The zero-order chi connectivity index (χ0) is 13.7. The fourth-order valence-electron chi connectivity index (χ4n) is 1.59. The van der Waals surface area contributed by atoms with Crippen LogP contribution in [0.25, 0.3) is 0 Å². The van der Waals surface area contributed by atoms with Gasteiger partial charge in [-0.1, -0.05) is 0 Å². The van der Waals surface area contributed by atoms with Gasteiger partial charge in [-0.15, -0.1) is 0 Å². The van der Waals surface area contributed by atoms with Gasteiger partial charge in [0.2, 0.25) is 5.75 Å². The van der Waals surface area contributed by atoms with Crippen molar-refractivity contribution in [1.29, 1.82) is 0 Å². The molecule has 0 bridgehead atoms. The van der Waals surface area contributed by atoms with Crippen molar-refractivity contribution in [2.24, 2.45) is 5.73 Å². The van der Waals surface area contributed by atoms with Gasteiger partial charge < -0.3 is 30.4 Å². The zero-order valence-corrected chi connectivity index (χ0v) is 11.3. The molecule has 6 nitrogen and oxygen atoms in total. The molecule has 1 aromatic rings. The topological polar surface area (TPSA) is 86.0 Å². The number of aliphatic hydroxyl groups excluding tert-OH is 1. The number of aliphatic hydroxyl groups is 1. The standard InChI is InChI=1S/C11H16N2O4S/c1-15-7-4-6(5-14)8(13-11(12)18)10(17-3)9(7)16-2/h4,14H,5H2,1-3H3,(H3,12,13,18). The highest BCUT2D eigenvalue weighted by molar-refractivity contribution is 7.80. The molecule has 0 amide bonds. The highest BCUT2D eigenvalue weighted by Gasteiger charge is 2.20. The van der Waals surface area contributed by atoms with Gasteiger partial charge in [0.25, 0.3) is 0 Å². The van der Waals surface area contributed by atoms with Crippen LogP contribution in [0.3, 0.4) is 0 Å². The molecule has 4 N–H and O–H groups in total. The average Bonchev–Trinajstić information content (AvgIpc) is 2.36. The second kappa shape index (κ2) is 6.27. The van der Waals surface area contributed by atoms with E-state index in [-0.39, 0.29) is 11.7 Å². The highest BCUT2D eigenvalue weighted by Crippen LogP contribution is 2.45. The number of rotatable bonds is 5. The van der Waals surface area contributed by atoms with E-state index in [1.807, 2.05) is 0 Å². The first-order valence-electron chi connectivity index (χ1n) is 5.08. The Bertz CT molecular complexity index is 451. The van der Waals surface area contributed by atoms with Gasteiger partial charge in [0.1, 0.15) is 0 Å². The number of thiocarbonyl (C=S) groups is 1. The van der Waals surface area contributed by atoms with Crippen molar-refractivity contribution in [2.45, 2.75) is 6.61 Å². The lowest BCUT2D eigenvalue weighted by molar-refractivity contribution is 0.278. The maximum atomic E-state index is 9.36. The summed E-state index contributed by atoms with van der Waals surface area (Å²) in [5.74, 6) is 1.22. The number of nitrogens with one attached hydrogen (secondary N) is 1. The molecule has 0 fully saturated rings. The Morgan fingerprint density at radius 3 is 2.28 bits per heavy atom. The molecule has 0 saturated carbocycles. The third kappa shape index (κ3) is 2.74. The molecule has 0 heterocycles. The first kappa shape index (κ1) is 14.3. The summed E-state index contributed by atoms with van der Waals surface area (Å²) in [4.78, 5) is 0. The van der Waals surface area contributed by atoms with Crippen molar-refractivity contribution in [3.8, 4) is 17.2 Å². The van der Waals surface area contributed by atoms with Crippen molar-refractivity contribution in [3.63, 3.8) is 0 Å². The SMILES string of the molecule is COc1cc(CO)c(NC(N)=S)c(OC)c1OC. The Labute approximate surface area is 111 Å². The number of hydrogen-bond donors (Lipinski definition) is 3. The van der Waals surface area contributed by atoms with E-state index in [0.29, 0.717) is 28.5 Å². The van der Waals surface area contributed by atoms with Crippen molar-refractivity contribution < 1.29 is 19.3 Å². The smallest absolute Gasteiger partial charge is 0.205 e. The Balaban J connectivity index is 3.49. The fraction of sp³-hybridized carbons (Fsp3) is 0.364. The molecule has 7 heteroatoms. The highest BCUT2D eigenvalue weighted by atomic mass is 32.1. The first-order chi connectivity index (χ1) is 8.58. The fourth-order valence-corrected chi connectivity index (χ4v) is 1.69. The lowest BCUT2D eigenvalue weighted by Crippen LogP contribution is -2.20. The van der Waals surface area contributed by atoms with Crippen LogP contribution in [0.1, 0.15) is 5.56 Å². The number of methoxy groups -OCH3 is 3. The minimum atomic E-state index is -0.221. The minimum Gasteiger partial charge on any atom is -0.493 e. The van der Waals surface area contributed by atoms with Gasteiger partial charge in [0, 0.05) is 5.56 Å². The number of hydrogen-bond acceptors (Lipinski definition) is 5. The molecule has 0 saturated heterocycles. The van der Waals surface area contributed by atoms with Crippen LogP contribution in [0.15, 0.2) is 6.07 Å². The van der Waals surface area contributed by atoms with Crippen LogP contribution in [-0.4, -0.2) is 31.5 Å². The van der Waals surface area contributed by atoms with Crippen LogP contribution < -0.4 is 25.3 Å². The predicted molar refractivity (Wildman–Crippen MR) is 72.4 cm³/mol. The summed E-state index contributed by atoms with van der Waals surface area (Å²) in [6, 6.07) is 1.63. The van der Waals surface area contributed by atoms with Gasteiger partial charge in [0.15, 0.2) is 16.6 Å². The molecule has 0 aliphatic carbocycles. The van der Waals surface area contributed by atoms with Gasteiger partial charge in [-0.3, -0.25) is 0 Å². The lowest BCUT2D eigenvalue weighted by Gasteiger charge is -2.19. The molecule has 0 aromatic heterocycles. The van der Waals surface area contributed by atoms with E-state index in [1.165, 1.54) is 21.3 Å². The van der Waals surface area contributed by atoms with Crippen LogP contribution in [0.5, 0.6) is 17.2 Å². The van der Waals surface area contributed by atoms with Crippen LogP contribution in [0, 0.1) is 0 Å². The summed E-state index contributed by atoms with van der Waals surface area (Å²) in [7, 11) is 4.46. The Kier molecular flexibility index (Phi) is 4.99. The number of ether oxygens (including phenoxy) is 3. The molecule has 0 unspecified atom stereocenters. The second-order valence-corrected chi connectivity index (χ2v) is 3.77. The Morgan fingerprint density at radius 2 is 1.89 bits per heavy atom. The monoisotopic (exact) mass is 272 g/mol. The molecule has 0 aliphatic rings. The van der Waals surface area contributed by atoms with E-state index in [4.69, 9.17) is 32.2 Å².